The first-order valence-corrected chi connectivity index (χ1v) is 10.7. The van der Waals surface area contributed by atoms with Gasteiger partial charge in [0.15, 0.2) is 0 Å². The Labute approximate surface area is 189 Å². The molecule has 2 amide bonds. The number of nitrogens with zero attached hydrogens (tertiary/aromatic N) is 1. The maximum absolute atomic E-state index is 12.3. The third kappa shape index (κ3) is 7.16. The summed E-state index contributed by atoms with van der Waals surface area (Å²) in [5.74, 6) is 0.539. The second-order valence-corrected chi connectivity index (χ2v) is 7.49. The van der Waals surface area contributed by atoms with Gasteiger partial charge in [0, 0.05) is 37.1 Å². The quantitative estimate of drug-likeness (QED) is 0.455. The van der Waals surface area contributed by atoms with Gasteiger partial charge in [-0.05, 0) is 54.8 Å². The van der Waals surface area contributed by atoms with E-state index in [1.165, 1.54) is 12.5 Å². The zero-order valence-corrected chi connectivity index (χ0v) is 18.5. The Hall–Kier alpha value is -3.80. The molecule has 3 rings (SSSR count). The highest BCUT2D eigenvalue weighted by Crippen LogP contribution is 2.19. The summed E-state index contributed by atoms with van der Waals surface area (Å²) in [7, 11) is 1.72. The molecule has 0 bridgehead atoms. The van der Waals surface area contributed by atoms with Gasteiger partial charge in [-0.1, -0.05) is 36.4 Å². The highest BCUT2D eigenvalue weighted by atomic mass is 16.5. The minimum absolute atomic E-state index is 0.0347. The van der Waals surface area contributed by atoms with Crippen LogP contribution in [0.15, 0.2) is 78.9 Å². The standard InChI is InChI=1S/C26H29N3O3/c1-20(30)29(2)24-15-13-22(14-16-24)27-19-26(31)28-23-11-6-12-25(18-23)32-17-7-10-21-8-4-3-5-9-21/h3-6,8-9,11-16,18,27H,7,10,17,19H2,1-2H3,(H,28,31). The van der Waals surface area contributed by atoms with E-state index in [9.17, 15) is 9.59 Å². The van der Waals surface area contributed by atoms with Crippen molar-refractivity contribution in [2.24, 2.45) is 0 Å². The second-order valence-electron chi connectivity index (χ2n) is 7.49. The summed E-state index contributed by atoms with van der Waals surface area (Å²) in [6.07, 6.45) is 1.89. The van der Waals surface area contributed by atoms with E-state index >= 15 is 0 Å². The molecule has 0 aliphatic rings. The van der Waals surface area contributed by atoms with E-state index in [1.807, 2.05) is 66.7 Å². The lowest BCUT2D eigenvalue weighted by Gasteiger charge is -2.15. The lowest BCUT2D eigenvalue weighted by atomic mass is 10.1. The molecule has 0 aliphatic carbocycles. The van der Waals surface area contributed by atoms with E-state index in [2.05, 4.69) is 22.8 Å². The van der Waals surface area contributed by atoms with Crippen LogP contribution >= 0.6 is 0 Å². The van der Waals surface area contributed by atoms with Crippen molar-refractivity contribution >= 4 is 28.9 Å². The number of aryl methyl sites for hydroxylation is 1. The molecule has 0 saturated heterocycles. The van der Waals surface area contributed by atoms with Gasteiger partial charge in [-0.2, -0.15) is 0 Å². The van der Waals surface area contributed by atoms with Crippen LogP contribution in [0, 0.1) is 0 Å². The Morgan fingerprint density at radius 3 is 2.38 bits per heavy atom. The van der Waals surface area contributed by atoms with Crippen molar-refractivity contribution in [3.8, 4) is 5.75 Å². The SMILES string of the molecule is CC(=O)N(C)c1ccc(NCC(=O)Nc2cccc(OCCCc3ccccc3)c2)cc1. The summed E-state index contributed by atoms with van der Waals surface area (Å²) in [6, 6.07) is 25.1. The number of carbonyl (C=O) groups is 2. The number of nitrogens with one attached hydrogen (secondary N) is 2. The largest absolute Gasteiger partial charge is 0.494 e. The lowest BCUT2D eigenvalue weighted by Crippen LogP contribution is -2.23. The molecule has 0 saturated carbocycles. The molecule has 0 aromatic heterocycles. The first-order valence-electron chi connectivity index (χ1n) is 10.7. The molecule has 3 aromatic carbocycles. The maximum Gasteiger partial charge on any atom is 0.243 e. The summed E-state index contributed by atoms with van der Waals surface area (Å²) in [5.41, 5.74) is 3.59. The van der Waals surface area contributed by atoms with Crippen LogP contribution in [0.2, 0.25) is 0 Å². The number of amides is 2. The van der Waals surface area contributed by atoms with Crippen molar-refractivity contribution in [1.29, 1.82) is 0 Å². The van der Waals surface area contributed by atoms with Gasteiger partial charge < -0.3 is 20.3 Å². The molecule has 0 radical (unpaired) electrons. The predicted octanol–water partition coefficient (Wildman–Crippen LogP) is 4.73. The Morgan fingerprint density at radius 1 is 0.906 bits per heavy atom. The van der Waals surface area contributed by atoms with E-state index in [0.717, 1.165) is 30.0 Å². The Kier molecular flexibility index (Phi) is 8.26. The zero-order valence-electron chi connectivity index (χ0n) is 18.5. The zero-order chi connectivity index (χ0) is 22.8. The fraction of sp³-hybridized carbons (Fsp3) is 0.231. The summed E-state index contributed by atoms with van der Waals surface area (Å²) in [5, 5.41) is 5.96. The number of rotatable bonds is 10. The molecule has 0 heterocycles. The van der Waals surface area contributed by atoms with Crippen LogP contribution in [-0.4, -0.2) is 32.0 Å². The van der Waals surface area contributed by atoms with E-state index in [-0.39, 0.29) is 18.4 Å². The monoisotopic (exact) mass is 431 g/mol. The summed E-state index contributed by atoms with van der Waals surface area (Å²) in [6.45, 7) is 2.26. The van der Waals surface area contributed by atoms with Gasteiger partial charge in [-0.15, -0.1) is 0 Å². The molecule has 166 valence electrons. The molecule has 3 aromatic rings. The van der Waals surface area contributed by atoms with Gasteiger partial charge in [0.2, 0.25) is 11.8 Å². The van der Waals surface area contributed by atoms with Crippen molar-refractivity contribution in [2.45, 2.75) is 19.8 Å². The van der Waals surface area contributed by atoms with E-state index in [0.29, 0.717) is 12.3 Å². The van der Waals surface area contributed by atoms with Gasteiger partial charge >= 0.3 is 0 Å². The molecular weight excluding hydrogens is 402 g/mol. The minimum Gasteiger partial charge on any atom is -0.494 e. The Morgan fingerprint density at radius 2 is 1.66 bits per heavy atom. The lowest BCUT2D eigenvalue weighted by molar-refractivity contribution is -0.116. The molecule has 6 heteroatoms. The molecule has 0 atom stereocenters. The summed E-state index contributed by atoms with van der Waals surface area (Å²) < 4.78 is 5.83. The average molecular weight is 432 g/mol. The van der Waals surface area contributed by atoms with Crippen LogP contribution in [-0.2, 0) is 16.0 Å². The second kappa shape index (κ2) is 11.6. The first kappa shape index (κ1) is 22.9. The molecule has 0 spiro atoms. The number of hydrogen-bond donors (Lipinski definition) is 2. The number of ether oxygens (including phenoxy) is 1. The number of benzene rings is 3. The van der Waals surface area contributed by atoms with Gasteiger partial charge in [0.05, 0.1) is 13.2 Å². The number of carbonyl (C=O) groups excluding carboxylic acids is 2. The predicted molar refractivity (Wildman–Crippen MR) is 129 cm³/mol. The summed E-state index contributed by atoms with van der Waals surface area (Å²) >= 11 is 0. The van der Waals surface area contributed by atoms with Crippen LogP contribution in [0.5, 0.6) is 5.75 Å². The molecule has 32 heavy (non-hydrogen) atoms. The fourth-order valence-electron chi connectivity index (χ4n) is 3.15. The van der Waals surface area contributed by atoms with Gasteiger partial charge in [-0.25, -0.2) is 0 Å². The average Bonchev–Trinajstić information content (AvgIpc) is 2.81. The van der Waals surface area contributed by atoms with Crippen molar-refractivity contribution in [3.63, 3.8) is 0 Å². The van der Waals surface area contributed by atoms with Crippen molar-refractivity contribution in [2.75, 3.05) is 35.7 Å². The smallest absolute Gasteiger partial charge is 0.243 e. The van der Waals surface area contributed by atoms with Gasteiger partial charge in [-0.3, -0.25) is 9.59 Å². The Balaban J connectivity index is 1.42. The highest BCUT2D eigenvalue weighted by molar-refractivity contribution is 5.94. The number of anilines is 3. The van der Waals surface area contributed by atoms with Crippen LogP contribution in [0.3, 0.4) is 0 Å². The van der Waals surface area contributed by atoms with Crippen molar-refractivity contribution in [1.82, 2.24) is 0 Å². The molecule has 6 nitrogen and oxygen atoms in total. The third-order valence-electron chi connectivity index (χ3n) is 5.02. The molecular formula is C26H29N3O3. The Bertz CT molecular complexity index is 1020. The van der Waals surface area contributed by atoms with E-state index in [1.54, 1.807) is 11.9 Å². The van der Waals surface area contributed by atoms with Crippen LogP contribution in [0.25, 0.3) is 0 Å². The third-order valence-corrected chi connectivity index (χ3v) is 5.02. The maximum atomic E-state index is 12.3. The minimum atomic E-state index is -0.156. The molecule has 0 unspecified atom stereocenters. The fourth-order valence-corrected chi connectivity index (χ4v) is 3.15. The number of hydrogen-bond acceptors (Lipinski definition) is 4. The molecule has 0 aliphatic heterocycles. The molecule has 0 fully saturated rings. The topological polar surface area (TPSA) is 70.7 Å². The van der Waals surface area contributed by atoms with Gasteiger partial charge in [0.1, 0.15) is 5.75 Å². The van der Waals surface area contributed by atoms with E-state index < -0.39 is 0 Å². The van der Waals surface area contributed by atoms with Crippen LogP contribution in [0.4, 0.5) is 17.1 Å². The molecule has 2 N–H and O–H groups in total. The van der Waals surface area contributed by atoms with Gasteiger partial charge in [0.25, 0.3) is 0 Å². The van der Waals surface area contributed by atoms with E-state index in [4.69, 9.17) is 4.74 Å². The normalized spacial score (nSPS) is 10.3. The first-order chi connectivity index (χ1) is 15.5. The summed E-state index contributed by atoms with van der Waals surface area (Å²) in [4.78, 5) is 25.3. The van der Waals surface area contributed by atoms with Crippen molar-refractivity contribution in [3.05, 3.63) is 84.4 Å². The van der Waals surface area contributed by atoms with Crippen molar-refractivity contribution < 1.29 is 14.3 Å². The van der Waals surface area contributed by atoms with Crippen LogP contribution in [0.1, 0.15) is 18.9 Å². The van der Waals surface area contributed by atoms with Crippen LogP contribution < -0.4 is 20.3 Å². The highest BCUT2D eigenvalue weighted by Gasteiger charge is 2.07.